The number of rotatable bonds is 3. The van der Waals surface area contributed by atoms with E-state index in [0.717, 1.165) is 38.5 Å². The maximum absolute atomic E-state index is 12.3. The number of nitriles is 1. The van der Waals surface area contributed by atoms with Crippen molar-refractivity contribution in [1.82, 2.24) is 5.32 Å². The van der Waals surface area contributed by atoms with E-state index in [1.807, 2.05) is 6.07 Å². The standard InChI is InChI=1S/C17H20N2O/c18-12-17(9-3-4-10-17)19-16(20)11-14-8-7-13-5-1-2-6-15(13)14/h1-2,5-6,14H,3-4,7-11H2,(H,19,20)/t14-/m1/s1. The second-order valence-corrected chi connectivity index (χ2v) is 6.09. The fourth-order valence-electron chi connectivity index (χ4n) is 3.64. The molecule has 1 N–H and O–H groups in total. The third kappa shape index (κ3) is 2.43. The third-order valence-electron chi connectivity index (χ3n) is 4.74. The molecule has 0 heterocycles. The number of fused-ring (bicyclic) bond motifs is 1. The zero-order valence-electron chi connectivity index (χ0n) is 11.7. The monoisotopic (exact) mass is 268 g/mol. The van der Waals surface area contributed by atoms with Gasteiger partial charge in [-0.1, -0.05) is 24.3 Å². The molecule has 1 fully saturated rings. The van der Waals surface area contributed by atoms with Crippen LogP contribution < -0.4 is 5.32 Å². The average Bonchev–Trinajstić information content (AvgIpc) is 3.07. The molecule has 0 spiro atoms. The van der Waals surface area contributed by atoms with E-state index < -0.39 is 5.54 Å². The van der Waals surface area contributed by atoms with Crippen LogP contribution >= 0.6 is 0 Å². The van der Waals surface area contributed by atoms with E-state index in [0.29, 0.717) is 12.3 Å². The molecule has 20 heavy (non-hydrogen) atoms. The SMILES string of the molecule is N#CC1(NC(=O)C[C@H]2CCc3ccccc32)CCCC1. The number of carbonyl (C=O) groups excluding carboxylic acids is 1. The Kier molecular flexibility index (Phi) is 3.48. The van der Waals surface area contributed by atoms with Crippen LogP contribution in [0.1, 0.15) is 55.6 Å². The number of carbonyl (C=O) groups is 1. The molecule has 1 atom stereocenters. The lowest BCUT2D eigenvalue weighted by Crippen LogP contribution is -2.45. The molecule has 104 valence electrons. The van der Waals surface area contributed by atoms with Gasteiger partial charge >= 0.3 is 0 Å². The molecule has 3 heteroatoms. The lowest BCUT2D eigenvalue weighted by atomic mass is 9.95. The summed E-state index contributed by atoms with van der Waals surface area (Å²) in [5.74, 6) is 0.360. The summed E-state index contributed by atoms with van der Waals surface area (Å²) in [5.41, 5.74) is 2.11. The lowest BCUT2D eigenvalue weighted by molar-refractivity contribution is -0.122. The van der Waals surface area contributed by atoms with Crippen molar-refractivity contribution >= 4 is 5.91 Å². The molecule has 0 bridgehead atoms. The normalized spacial score (nSPS) is 23.1. The van der Waals surface area contributed by atoms with Crippen LogP contribution in [0.15, 0.2) is 24.3 Å². The molecule has 1 aromatic rings. The van der Waals surface area contributed by atoms with E-state index in [4.69, 9.17) is 0 Å². The Morgan fingerprint density at radius 1 is 1.35 bits per heavy atom. The number of benzene rings is 1. The van der Waals surface area contributed by atoms with Crippen LogP contribution in [-0.2, 0) is 11.2 Å². The summed E-state index contributed by atoms with van der Waals surface area (Å²) in [7, 11) is 0. The summed E-state index contributed by atoms with van der Waals surface area (Å²) >= 11 is 0. The Morgan fingerprint density at radius 2 is 2.10 bits per heavy atom. The minimum Gasteiger partial charge on any atom is -0.338 e. The van der Waals surface area contributed by atoms with E-state index in [1.54, 1.807) is 0 Å². The lowest BCUT2D eigenvalue weighted by Gasteiger charge is -2.23. The van der Waals surface area contributed by atoms with E-state index in [-0.39, 0.29) is 5.91 Å². The molecule has 3 rings (SSSR count). The first-order valence-corrected chi connectivity index (χ1v) is 7.52. The molecule has 2 aliphatic carbocycles. The molecule has 3 nitrogen and oxygen atoms in total. The zero-order valence-corrected chi connectivity index (χ0v) is 11.7. The molecule has 1 amide bonds. The number of hydrogen-bond donors (Lipinski definition) is 1. The van der Waals surface area contributed by atoms with Crippen molar-refractivity contribution in [2.75, 3.05) is 0 Å². The van der Waals surface area contributed by atoms with E-state index >= 15 is 0 Å². The Labute approximate surface area is 120 Å². The van der Waals surface area contributed by atoms with E-state index in [1.165, 1.54) is 11.1 Å². The van der Waals surface area contributed by atoms with Crippen LogP contribution in [0, 0.1) is 11.3 Å². The first kappa shape index (κ1) is 13.2. The predicted octanol–water partition coefficient (Wildman–Crippen LogP) is 3.06. The average molecular weight is 268 g/mol. The van der Waals surface area contributed by atoms with Crippen LogP contribution in [0.25, 0.3) is 0 Å². The second-order valence-electron chi connectivity index (χ2n) is 6.09. The van der Waals surface area contributed by atoms with Gasteiger partial charge < -0.3 is 5.32 Å². The van der Waals surface area contributed by atoms with Crippen molar-refractivity contribution in [3.05, 3.63) is 35.4 Å². The van der Waals surface area contributed by atoms with Crippen molar-refractivity contribution in [2.45, 2.75) is 56.4 Å². The van der Waals surface area contributed by atoms with Crippen LogP contribution in [0.5, 0.6) is 0 Å². The Balaban J connectivity index is 1.65. The molecular formula is C17H20N2O. The molecular weight excluding hydrogens is 248 g/mol. The van der Waals surface area contributed by atoms with E-state index in [9.17, 15) is 10.1 Å². The fraction of sp³-hybridized carbons (Fsp3) is 0.529. The van der Waals surface area contributed by atoms with Gasteiger partial charge in [-0.05, 0) is 55.6 Å². The summed E-state index contributed by atoms with van der Waals surface area (Å²) < 4.78 is 0. The fourth-order valence-corrected chi connectivity index (χ4v) is 3.64. The van der Waals surface area contributed by atoms with Crippen LogP contribution in [0.2, 0.25) is 0 Å². The quantitative estimate of drug-likeness (QED) is 0.916. The highest BCUT2D eigenvalue weighted by Crippen LogP contribution is 2.36. The topological polar surface area (TPSA) is 52.9 Å². The molecule has 0 unspecified atom stereocenters. The number of aryl methyl sites for hydroxylation is 1. The van der Waals surface area contributed by atoms with Gasteiger partial charge in [-0.3, -0.25) is 4.79 Å². The Hall–Kier alpha value is -1.82. The molecule has 0 aliphatic heterocycles. The third-order valence-corrected chi connectivity index (χ3v) is 4.74. The van der Waals surface area contributed by atoms with Crippen molar-refractivity contribution in [2.24, 2.45) is 0 Å². The predicted molar refractivity (Wildman–Crippen MR) is 77.1 cm³/mol. The molecule has 2 aliphatic rings. The minimum absolute atomic E-state index is 0.0372. The summed E-state index contributed by atoms with van der Waals surface area (Å²) in [6.45, 7) is 0. The van der Waals surface area contributed by atoms with Gasteiger partial charge in [0, 0.05) is 6.42 Å². The summed E-state index contributed by atoms with van der Waals surface area (Å²) in [4.78, 5) is 12.3. The van der Waals surface area contributed by atoms with Crippen molar-refractivity contribution in [3.63, 3.8) is 0 Å². The van der Waals surface area contributed by atoms with Gasteiger partial charge in [0.1, 0.15) is 5.54 Å². The first-order chi connectivity index (χ1) is 9.72. The van der Waals surface area contributed by atoms with Gasteiger partial charge in [0.15, 0.2) is 0 Å². The van der Waals surface area contributed by atoms with Gasteiger partial charge in [-0.15, -0.1) is 0 Å². The van der Waals surface area contributed by atoms with Gasteiger partial charge in [0.2, 0.25) is 5.91 Å². The summed E-state index contributed by atoms with van der Waals surface area (Å²) in [6.07, 6.45) is 6.32. The Morgan fingerprint density at radius 3 is 2.85 bits per heavy atom. The van der Waals surface area contributed by atoms with Crippen molar-refractivity contribution in [3.8, 4) is 6.07 Å². The second kappa shape index (κ2) is 5.28. The van der Waals surface area contributed by atoms with Crippen molar-refractivity contribution < 1.29 is 4.79 Å². The number of nitrogens with zero attached hydrogens (tertiary/aromatic N) is 1. The Bertz CT molecular complexity index is 552. The summed E-state index contributed by atoms with van der Waals surface area (Å²) in [6, 6.07) is 10.7. The smallest absolute Gasteiger partial charge is 0.221 e. The highest BCUT2D eigenvalue weighted by Gasteiger charge is 2.36. The molecule has 0 saturated heterocycles. The van der Waals surface area contributed by atoms with E-state index in [2.05, 4.69) is 29.6 Å². The number of nitrogens with one attached hydrogen (secondary N) is 1. The zero-order chi connectivity index (χ0) is 14.0. The van der Waals surface area contributed by atoms with Gasteiger partial charge in [-0.25, -0.2) is 0 Å². The molecule has 0 aromatic heterocycles. The number of hydrogen-bond acceptors (Lipinski definition) is 2. The molecule has 1 saturated carbocycles. The maximum atomic E-state index is 12.3. The largest absolute Gasteiger partial charge is 0.338 e. The molecule has 1 aromatic carbocycles. The highest BCUT2D eigenvalue weighted by atomic mass is 16.1. The number of amides is 1. The van der Waals surface area contributed by atoms with Crippen molar-refractivity contribution in [1.29, 1.82) is 5.26 Å². The van der Waals surface area contributed by atoms with Crippen LogP contribution in [0.3, 0.4) is 0 Å². The molecule has 0 radical (unpaired) electrons. The maximum Gasteiger partial charge on any atom is 0.221 e. The minimum atomic E-state index is -0.588. The van der Waals surface area contributed by atoms with Gasteiger partial charge in [0.25, 0.3) is 0 Å². The highest BCUT2D eigenvalue weighted by molar-refractivity contribution is 5.78. The van der Waals surface area contributed by atoms with Crippen LogP contribution in [0.4, 0.5) is 0 Å². The van der Waals surface area contributed by atoms with Gasteiger partial charge in [-0.2, -0.15) is 5.26 Å². The first-order valence-electron chi connectivity index (χ1n) is 7.52. The summed E-state index contributed by atoms with van der Waals surface area (Å²) in [5, 5.41) is 12.3. The van der Waals surface area contributed by atoms with Crippen LogP contribution in [-0.4, -0.2) is 11.4 Å². The van der Waals surface area contributed by atoms with Gasteiger partial charge in [0.05, 0.1) is 6.07 Å².